The number of aromatic nitrogens is 1. The topological polar surface area (TPSA) is 33.1 Å². The molecule has 0 aliphatic carbocycles. The second-order valence-corrected chi connectivity index (χ2v) is 8.40. The van der Waals surface area contributed by atoms with E-state index in [1.54, 1.807) is 23.1 Å². The van der Waals surface area contributed by atoms with Crippen molar-refractivity contribution in [2.75, 3.05) is 5.75 Å². The van der Waals surface area contributed by atoms with Gasteiger partial charge in [-0.3, -0.25) is 0 Å². The molecule has 0 spiro atoms. The predicted molar refractivity (Wildman–Crippen MR) is 92.4 cm³/mol. The molecule has 4 heteroatoms. The van der Waals surface area contributed by atoms with E-state index in [4.69, 9.17) is 0 Å². The third-order valence-corrected chi connectivity index (χ3v) is 5.17. The maximum absolute atomic E-state index is 10.2. The van der Waals surface area contributed by atoms with Crippen LogP contribution < -0.4 is 0 Å². The first-order valence-corrected chi connectivity index (χ1v) is 9.03. The number of nitrogens with zero attached hydrogens (tertiary/aromatic N) is 1. The summed E-state index contributed by atoms with van der Waals surface area (Å²) in [4.78, 5) is 5.85. The summed E-state index contributed by atoms with van der Waals surface area (Å²) in [6, 6.07) is 8.38. The average molecular weight is 322 g/mol. The minimum Gasteiger partial charge on any atom is -0.392 e. The Balaban J connectivity index is 1.87. The fourth-order valence-corrected chi connectivity index (χ4v) is 3.95. The van der Waals surface area contributed by atoms with Crippen LogP contribution in [0.15, 0.2) is 34.5 Å². The number of aryl methyl sites for hydroxylation is 1. The Morgan fingerprint density at radius 1 is 1.33 bits per heavy atom. The summed E-state index contributed by atoms with van der Waals surface area (Å²) in [6.45, 7) is 8.58. The monoisotopic (exact) mass is 321 g/mol. The first-order valence-electron chi connectivity index (χ1n) is 7.17. The van der Waals surface area contributed by atoms with Crippen molar-refractivity contribution in [3.8, 4) is 0 Å². The van der Waals surface area contributed by atoms with Crippen molar-refractivity contribution in [3.05, 3.63) is 45.9 Å². The van der Waals surface area contributed by atoms with Crippen LogP contribution in [0.5, 0.6) is 0 Å². The number of rotatable bonds is 5. The predicted octanol–water partition coefficient (Wildman–Crippen LogP) is 4.44. The van der Waals surface area contributed by atoms with Gasteiger partial charge in [-0.15, -0.1) is 23.1 Å². The summed E-state index contributed by atoms with van der Waals surface area (Å²) in [5, 5.41) is 13.3. The second-order valence-electron chi connectivity index (χ2n) is 6.36. The smallest absolute Gasteiger partial charge is 0.0954 e. The van der Waals surface area contributed by atoms with Crippen LogP contribution >= 0.6 is 23.1 Å². The highest BCUT2D eigenvalue weighted by atomic mass is 32.2. The van der Waals surface area contributed by atoms with Gasteiger partial charge in [0.1, 0.15) is 0 Å². The number of aliphatic hydroxyl groups excluding tert-OH is 1. The molecule has 2 aromatic rings. The molecule has 1 unspecified atom stereocenters. The molecule has 0 radical (unpaired) electrons. The van der Waals surface area contributed by atoms with E-state index in [1.165, 1.54) is 10.5 Å². The highest BCUT2D eigenvalue weighted by Crippen LogP contribution is 2.25. The van der Waals surface area contributed by atoms with E-state index in [9.17, 15) is 5.11 Å². The Kier molecular flexibility index (Phi) is 5.47. The fraction of sp³-hybridized carbons (Fsp3) is 0.471. The quantitative estimate of drug-likeness (QED) is 0.826. The van der Waals surface area contributed by atoms with Crippen LogP contribution in [0.2, 0.25) is 0 Å². The molecule has 0 saturated heterocycles. The SMILES string of the molecule is Cc1cccc(SCC(O)Cc2nc(C(C)(C)C)cs2)c1. The zero-order valence-electron chi connectivity index (χ0n) is 13.1. The molecule has 0 amide bonds. The second kappa shape index (κ2) is 6.95. The Morgan fingerprint density at radius 2 is 2.10 bits per heavy atom. The number of hydrogen-bond donors (Lipinski definition) is 1. The van der Waals surface area contributed by atoms with Gasteiger partial charge in [-0.2, -0.15) is 0 Å². The normalized spacial score (nSPS) is 13.4. The third-order valence-electron chi connectivity index (χ3n) is 3.16. The van der Waals surface area contributed by atoms with Gasteiger partial charge in [-0.05, 0) is 19.1 Å². The molecule has 21 heavy (non-hydrogen) atoms. The van der Waals surface area contributed by atoms with Gasteiger partial charge in [0.2, 0.25) is 0 Å². The van der Waals surface area contributed by atoms with E-state index in [0.717, 1.165) is 10.7 Å². The molecule has 1 heterocycles. The number of hydrogen-bond acceptors (Lipinski definition) is 4. The largest absolute Gasteiger partial charge is 0.392 e. The van der Waals surface area contributed by atoms with E-state index in [2.05, 4.69) is 62.3 Å². The lowest BCUT2D eigenvalue weighted by Gasteiger charge is -2.14. The summed E-state index contributed by atoms with van der Waals surface area (Å²) in [5.74, 6) is 0.702. The standard InChI is InChI=1S/C17H23NOS2/c1-12-6-5-7-14(8-12)20-10-13(19)9-16-18-15(11-21-16)17(2,3)4/h5-8,11,13,19H,9-10H2,1-4H3. The van der Waals surface area contributed by atoms with Crippen molar-refractivity contribution < 1.29 is 5.11 Å². The summed E-state index contributed by atoms with van der Waals surface area (Å²) in [5.41, 5.74) is 2.45. The Hall–Kier alpha value is -0.840. The Bertz CT molecular complexity index is 586. The van der Waals surface area contributed by atoms with Crippen LogP contribution in [-0.2, 0) is 11.8 Å². The zero-order chi connectivity index (χ0) is 15.5. The van der Waals surface area contributed by atoms with Crippen LogP contribution in [0.25, 0.3) is 0 Å². The molecule has 0 aliphatic heterocycles. The minimum atomic E-state index is -0.352. The lowest BCUT2D eigenvalue weighted by molar-refractivity contribution is 0.200. The van der Waals surface area contributed by atoms with E-state index < -0.39 is 0 Å². The van der Waals surface area contributed by atoms with Crippen molar-refractivity contribution >= 4 is 23.1 Å². The number of benzene rings is 1. The van der Waals surface area contributed by atoms with Crippen molar-refractivity contribution in [1.82, 2.24) is 4.98 Å². The first kappa shape index (κ1) is 16.5. The first-order chi connectivity index (χ1) is 9.84. The summed E-state index contributed by atoms with van der Waals surface area (Å²) >= 11 is 3.35. The average Bonchev–Trinajstić information content (AvgIpc) is 2.85. The maximum atomic E-state index is 10.2. The minimum absolute atomic E-state index is 0.0794. The Labute approximate surface area is 135 Å². The molecule has 0 aliphatic rings. The van der Waals surface area contributed by atoms with Crippen LogP contribution in [0.4, 0.5) is 0 Å². The fourth-order valence-electron chi connectivity index (χ4n) is 1.91. The summed E-state index contributed by atoms with van der Waals surface area (Å²) < 4.78 is 0. The van der Waals surface area contributed by atoms with Gasteiger partial charge in [0.25, 0.3) is 0 Å². The van der Waals surface area contributed by atoms with Gasteiger partial charge in [0.15, 0.2) is 0 Å². The lowest BCUT2D eigenvalue weighted by atomic mass is 9.93. The van der Waals surface area contributed by atoms with Gasteiger partial charge in [0, 0.05) is 27.9 Å². The molecule has 114 valence electrons. The molecule has 2 nitrogen and oxygen atoms in total. The van der Waals surface area contributed by atoms with Gasteiger partial charge >= 0.3 is 0 Å². The maximum Gasteiger partial charge on any atom is 0.0954 e. The molecular formula is C17H23NOS2. The number of aliphatic hydroxyl groups is 1. The van der Waals surface area contributed by atoms with Gasteiger partial charge in [-0.25, -0.2) is 4.98 Å². The Morgan fingerprint density at radius 3 is 2.71 bits per heavy atom. The molecule has 1 aromatic carbocycles. The van der Waals surface area contributed by atoms with Crippen molar-refractivity contribution in [2.24, 2.45) is 0 Å². The van der Waals surface area contributed by atoms with Crippen molar-refractivity contribution in [1.29, 1.82) is 0 Å². The van der Waals surface area contributed by atoms with Crippen LogP contribution in [0.3, 0.4) is 0 Å². The molecule has 1 aromatic heterocycles. The highest BCUT2D eigenvalue weighted by molar-refractivity contribution is 7.99. The van der Waals surface area contributed by atoms with E-state index in [0.29, 0.717) is 12.2 Å². The summed E-state index contributed by atoms with van der Waals surface area (Å²) in [6.07, 6.45) is 0.286. The van der Waals surface area contributed by atoms with Crippen LogP contribution in [0.1, 0.15) is 37.0 Å². The van der Waals surface area contributed by atoms with Crippen LogP contribution in [-0.4, -0.2) is 21.9 Å². The third kappa shape index (κ3) is 5.13. The molecule has 2 rings (SSSR count). The van der Waals surface area contributed by atoms with Crippen molar-refractivity contribution in [2.45, 2.75) is 50.5 Å². The molecule has 0 bridgehead atoms. The highest BCUT2D eigenvalue weighted by Gasteiger charge is 2.18. The summed E-state index contributed by atoms with van der Waals surface area (Å²) in [7, 11) is 0. The lowest BCUT2D eigenvalue weighted by Crippen LogP contribution is -2.15. The van der Waals surface area contributed by atoms with Gasteiger partial charge in [-0.1, -0.05) is 38.5 Å². The molecule has 1 atom stereocenters. The van der Waals surface area contributed by atoms with E-state index in [1.807, 2.05) is 0 Å². The van der Waals surface area contributed by atoms with Crippen molar-refractivity contribution in [3.63, 3.8) is 0 Å². The molecule has 1 N–H and O–H groups in total. The van der Waals surface area contributed by atoms with E-state index in [-0.39, 0.29) is 11.5 Å². The van der Waals surface area contributed by atoms with Crippen LogP contribution in [0, 0.1) is 6.92 Å². The number of thiazole rings is 1. The number of thioether (sulfide) groups is 1. The van der Waals surface area contributed by atoms with E-state index >= 15 is 0 Å². The van der Waals surface area contributed by atoms with Gasteiger partial charge < -0.3 is 5.11 Å². The van der Waals surface area contributed by atoms with Gasteiger partial charge in [0.05, 0.1) is 16.8 Å². The molecule has 0 saturated carbocycles. The molecule has 0 fully saturated rings. The molecular weight excluding hydrogens is 298 g/mol. The zero-order valence-corrected chi connectivity index (χ0v) is 14.7.